The van der Waals surface area contributed by atoms with Crippen LogP contribution < -0.4 is 0 Å². The second-order valence-corrected chi connectivity index (χ2v) is 7.76. The second-order valence-electron chi connectivity index (χ2n) is 7.76. The Labute approximate surface area is 128 Å². The number of β-amino-alcohol motifs (C(OH)–C–C–N with tert-alkyl or cyclic N) is 1. The number of aliphatic hydroxyl groups excluding tert-OH is 1. The van der Waals surface area contributed by atoms with Gasteiger partial charge >= 0.3 is 0 Å². The van der Waals surface area contributed by atoms with Gasteiger partial charge in [0.25, 0.3) is 0 Å². The summed E-state index contributed by atoms with van der Waals surface area (Å²) in [4.78, 5) is 19.0. The normalized spacial score (nSPS) is 27.1. The van der Waals surface area contributed by atoms with Crippen LogP contribution in [0.4, 0.5) is 0 Å². The van der Waals surface area contributed by atoms with Gasteiger partial charge in [-0.15, -0.1) is 0 Å². The van der Waals surface area contributed by atoms with Crippen LogP contribution in [0.3, 0.4) is 0 Å². The van der Waals surface area contributed by atoms with Gasteiger partial charge in [0, 0.05) is 39.3 Å². The van der Waals surface area contributed by atoms with Gasteiger partial charge in [0.05, 0.1) is 12.0 Å². The van der Waals surface area contributed by atoms with E-state index in [1.807, 2.05) is 4.90 Å². The molecule has 21 heavy (non-hydrogen) atoms. The number of hydrogen-bond acceptors (Lipinski definition) is 4. The Morgan fingerprint density at radius 1 is 1.19 bits per heavy atom. The average molecular weight is 297 g/mol. The topological polar surface area (TPSA) is 47.0 Å². The summed E-state index contributed by atoms with van der Waals surface area (Å²) in [5.74, 6) is 0.525. The number of nitrogens with zero attached hydrogens (tertiary/aromatic N) is 3. The van der Waals surface area contributed by atoms with Crippen LogP contribution in [0.15, 0.2) is 0 Å². The molecule has 2 saturated heterocycles. The predicted octanol–water partition coefficient (Wildman–Crippen LogP) is 0.489. The highest BCUT2D eigenvalue weighted by Gasteiger charge is 2.32. The van der Waals surface area contributed by atoms with E-state index in [2.05, 4.69) is 37.6 Å². The van der Waals surface area contributed by atoms with Crippen LogP contribution in [0, 0.1) is 11.3 Å². The number of piperazine rings is 1. The van der Waals surface area contributed by atoms with Crippen LogP contribution in [0.25, 0.3) is 0 Å². The zero-order valence-corrected chi connectivity index (χ0v) is 14.0. The van der Waals surface area contributed by atoms with Crippen LogP contribution in [0.1, 0.15) is 27.2 Å². The molecule has 0 aromatic carbocycles. The van der Waals surface area contributed by atoms with Gasteiger partial charge in [0.15, 0.2) is 0 Å². The summed E-state index contributed by atoms with van der Waals surface area (Å²) in [6, 6.07) is 0. The first-order valence-electron chi connectivity index (χ1n) is 8.15. The zero-order chi connectivity index (χ0) is 15.6. The summed E-state index contributed by atoms with van der Waals surface area (Å²) in [6.45, 7) is 12.2. The van der Waals surface area contributed by atoms with Crippen molar-refractivity contribution < 1.29 is 9.90 Å². The Hall–Kier alpha value is -0.650. The van der Waals surface area contributed by atoms with Crippen LogP contribution >= 0.6 is 0 Å². The predicted molar refractivity (Wildman–Crippen MR) is 84.1 cm³/mol. The van der Waals surface area contributed by atoms with E-state index in [1.54, 1.807) is 0 Å². The van der Waals surface area contributed by atoms with Crippen molar-refractivity contribution in [2.24, 2.45) is 11.3 Å². The summed E-state index contributed by atoms with van der Waals surface area (Å²) in [7, 11) is 2.08. The molecule has 2 rings (SSSR count). The van der Waals surface area contributed by atoms with Crippen molar-refractivity contribution in [3.05, 3.63) is 0 Å². The molecule has 1 amide bonds. The Morgan fingerprint density at radius 3 is 2.29 bits per heavy atom. The summed E-state index contributed by atoms with van der Waals surface area (Å²) in [6.07, 6.45) is 0.682. The van der Waals surface area contributed by atoms with Gasteiger partial charge in [-0.05, 0) is 25.4 Å². The monoisotopic (exact) mass is 297 g/mol. The number of rotatable bonds is 3. The summed E-state index contributed by atoms with van der Waals surface area (Å²) < 4.78 is 0. The maximum absolute atomic E-state index is 12.5. The molecular formula is C16H31N3O2. The van der Waals surface area contributed by atoms with Crippen LogP contribution in [0.2, 0.25) is 0 Å². The van der Waals surface area contributed by atoms with Gasteiger partial charge in [-0.2, -0.15) is 0 Å². The number of carbonyl (C=O) groups is 1. The highest BCUT2D eigenvalue weighted by molar-refractivity contribution is 5.79. The summed E-state index contributed by atoms with van der Waals surface area (Å²) in [5.41, 5.74) is -0.0820. The van der Waals surface area contributed by atoms with Crippen LogP contribution in [0.5, 0.6) is 0 Å². The molecule has 0 saturated carbocycles. The maximum Gasteiger partial charge on any atom is 0.227 e. The number of aliphatic hydroxyl groups is 1. The molecule has 2 aliphatic rings. The van der Waals surface area contributed by atoms with E-state index in [0.29, 0.717) is 12.5 Å². The molecule has 0 spiro atoms. The van der Waals surface area contributed by atoms with Crippen molar-refractivity contribution in [3.8, 4) is 0 Å². The van der Waals surface area contributed by atoms with Crippen molar-refractivity contribution in [2.75, 3.05) is 52.9 Å². The Morgan fingerprint density at radius 2 is 1.81 bits per heavy atom. The fourth-order valence-electron chi connectivity index (χ4n) is 3.06. The lowest BCUT2D eigenvalue weighted by Crippen LogP contribution is -2.53. The molecule has 1 N–H and O–H groups in total. The quantitative estimate of drug-likeness (QED) is 0.823. The second kappa shape index (κ2) is 6.63. The molecule has 2 heterocycles. The van der Waals surface area contributed by atoms with Gasteiger partial charge in [-0.25, -0.2) is 0 Å². The maximum atomic E-state index is 12.5. The van der Waals surface area contributed by atoms with Crippen LogP contribution in [-0.2, 0) is 4.79 Å². The van der Waals surface area contributed by atoms with E-state index < -0.39 is 0 Å². The molecule has 2 atom stereocenters. The molecule has 0 aliphatic carbocycles. The lowest BCUT2D eigenvalue weighted by molar-refractivity contribution is -0.137. The molecule has 122 valence electrons. The highest BCUT2D eigenvalue weighted by Crippen LogP contribution is 2.21. The first kappa shape index (κ1) is 16.7. The number of carbonyl (C=O) groups excluding carboxylic acids is 1. The third-order valence-electron chi connectivity index (χ3n) is 4.86. The number of amides is 1. The Balaban J connectivity index is 1.77. The standard InChI is InChI=1S/C16H31N3O2/c1-16(2,3)14(20)12-18-7-9-19(10-8-18)15(21)13-5-6-17(4)11-13/h13-14,20H,5-12H2,1-4H3/t13-,14+/m0/s1. The van der Waals surface area contributed by atoms with Crippen molar-refractivity contribution >= 4 is 5.91 Å². The first-order valence-corrected chi connectivity index (χ1v) is 8.15. The summed E-state index contributed by atoms with van der Waals surface area (Å²) >= 11 is 0. The van der Waals surface area contributed by atoms with Crippen molar-refractivity contribution in [3.63, 3.8) is 0 Å². The molecule has 2 aliphatic heterocycles. The third-order valence-corrected chi connectivity index (χ3v) is 4.86. The van der Waals surface area contributed by atoms with E-state index in [1.165, 1.54) is 0 Å². The van der Waals surface area contributed by atoms with Crippen molar-refractivity contribution in [2.45, 2.75) is 33.3 Å². The molecule has 0 bridgehead atoms. The van der Waals surface area contributed by atoms with Crippen molar-refractivity contribution in [1.82, 2.24) is 14.7 Å². The minimum absolute atomic E-state index is 0.0820. The fourth-order valence-corrected chi connectivity index (χ4v) is 3.06. The third kappa shape index (κ3) is 4.41. The van der Waals surface area contributed by atoms with Gasteiger partial charge in [0.2, 0.25) is 5.91 Å². The smallest absolute Gasteiger partial charge is 0.227 e. The lowest BCUT2D eigenvalue weighted by Gasteiger charge is -2.38. The van der Waals surface area contributed by atoms with Crippen molar-refractivity contribution in [1.29, 1.82) is 0 Å². The SMILES string of the molecule is CN1CC[C@H](C(=O)N2CCN(C[C@@H](O)C(C)(C)C)CC2)C1. The Kier molecular flexibility index (Phi) is 5.28. The van der Waals surface area contributed by atoms with Gasteiger partial charge in [-0.3, -0.25) is 9.69 Å². The van der Waals surface area contributed by atoms with E-state index in [-0.39, 0.29) is 17.4 Å². The molecule has 2 fully saturated rings. The molecule has 0 radical (unpaired) electrons. The van der Waals surface area contributed by atoms with E-state index in [4.69, 9.17) is 0 Å². The average Bonchev–Trinajstić information content (AvgIpc) is 2.84. The molecule has 5 heteroatoms. The molecule has 5 nitrogen and oxygen atoms in total. The van der Waals surface area contributed by atoms with Gasteiger partial charge in [0.1, 0.15) is 0 Å². The first-order chi connectivity index (χ1) is 9.77. The molecular weight excluding hydrogens is 266 g/mol. The van der Waals surface area contributed by atoms with Gasteiger partial charge in [-0.1, -0.05) is 20.8 Å². The largest absolute Gasteiger partial charge is 0.391 e. The van der Waals surface area contributed by atoms with E-state index in [0.717, 1.165) is 45.7 Å². The van der Waals surface area contributed by atoms with Gasteiger partial charge < -0.3 is 14.9 Å². The summed E-state index contributed by atoms with van der Waals surface area (Å²) in [5, 5.41) is 10.2. The number of likely N-dealkylation sites (tertiary alicyclic amines) is 1. The minimum atomic E-state index is -0.316. The zero-order valence-electron chi connectivity index (χ0n) is 14.0. The Bertz CT molecular complexity index is 359. The minimum Gasteiger partial charge on any atom is -0.391 e. The fraction of sp³-hybridized carbons (Fsp3) is 0.938. The molecule has 0 aromatic heterocycles. The number of hydrogen-bond donors (Lipinski definition) is 1. The highest BCUT2D eigenvalue weighted by atomic mass is 16.3. The van der Waals surface area contributed by atoms with E-state index in [9.17, 15) is 9.90 Å². The lowest BCUT2D eigenvalue weighted by atomic mass is 9.89. The van der Waals surface area contributed by atoms with Crippen LogP contribution in [-0.4, -0.2) is 84.7 Å². The van der Waals surface area contributed by atoms with E-state index >= 15 is 0 Å². The molecule has 0 aromatic rings. The molecule has 0 unspecified atom stereocenters.